The van der Waals surface area contributed by atoms with Gasteiger partial charge in [-0.1, -0.05) is 43.7 Å². The van der Waals surface area contributed by atoms with Crippen LogP contribution in [0.1, 0.15) is 25.3 Å². The van der Waals surface area contributed by atoms with Gasteiger partial charge >= 0.3 is 6.03 Å². The summed E-state index contributed by atoms with van der Waals surface area (Å²) < 4.78 is 31.2. The summed E-state index contributed by atoms with van der Waals surface area (Å²) in [6, 6.07) is 12.3. The zero-order valence-corrected chi connectivity index (χ0v) is 20.3. The monoisotopic (exact) mass is 488 g/mol. The highest BCUT2D eigenvalue weighted by molar-refractivity contribution is 7.89. The van der Waals surface area contributed by atoms with Gasteiger partial charge in [-0.3, -0.25) is 14.5 Å². The Bertz CT molecular complexity index is 1200. The van der Waals surface area contributed by atoms with Crippen molar-refractivity contribution in [3.05, 3.63) is 54.1 Å². The largest absolute Gasteiger partial charge is 0.495 e. The molecule has 1 fully saturated rings. The first-order chi connectivity index (χ1) is 16.1. The average Bonchev–Trinajstić information content (AvgIpc) is 3.04. The van der Waals surface area contributed by atoms with Gasteiger partial charge in [-0.2, -0.15) is 0 Å². The molecule has 1 aliphatic rings. The second-order valence-corrected chi connectivity index (χ2v) is 10.2. The van der Waals surface area contributed by atoms with E-state index in [0.717, 1.165) is 9.21 Å². The van der Waals surface area contributed by atoms with E-state index in [-0.39, 0.29) is 16.3 Å². The van der Waals surface area contributed by atoms with Gasteiger partial charge in [0.15, 0.2) is 0 Å². The summed E-state index contributed by atoms with van der Waals surface area (Å²) in [5, 5.41) is 5.32. The van der Waals surface area contributed by atoms with Crippen LogP contribution in [0.5, 0.6) is 5.75 Å². The lowest BCUT2D eigenvalue weighted by Gasteiger charge is -2.26. The number of hydrogen-bond donors (Lipinski definition) is 2. The van der Waals surface area contributed by atoms with Crippen LogP contribution >= 0.6 is 0 Å². The first-order valence-electron chi connectivity index (χ1n) is 10.7. The number of benzene rings is 2. The van der Waals surface area contributed by atoms with Crippen molar-refractivity contribution in [2.24, 2.45) is 0 Å². The molecule has 182 valence electrons. The molecule has 2 aromatic rings. The minimum absolute atomic E-state index is 0.0466. The van der Waals surface area contributed by atoms with E-state index < -0.39 is 40.0 Å². The third-order valence-electron chi connectivity index (χ3n) is 5.59. The van der Waals surface area contributed by atoms with E-state index in [2.05, 4.69) is 10.6 Å². The first kappa shape index (κ1) is 25.2. The van der Waals surface area contributed by atoms with E-state index in [1.807, 2.05) is 13.0 Å². The summed E-state index contributed by atoms with van der Waals surface area (Å²) in [5.41, 5.74) is -0.503. The maximum Gasteiger partial charge on any atom is 0.325 e. The van der Waals surface area contributed by atoms with Gasteiger partial charge < -0.3 is 15.4 Å². The molecule has 2 N–H and O–H groups in total. The Morgan fingerprint density at radius 1 is 1.15 bits per heavy atom. The number of nitrogens with zero attached hydrogens (tertiary/aromatic N) is 2. The van der Waals surface area contributed by atoms with Crippen molar-refractivity contribution in [3.63, 3.8) is 0 Å². The van der Waals surface area contributed by atoms with Gasteiger partial charge in [-0.25, -0.2) is 17.5 Å². The van der Waals surface area contributed by atoms with Gasteiger partial charge in [-0.15, -0.1) is 0 Å². The molecule has 11 heteroatoms. The van der Waals surface area contributed by atoms with Gasteiger partial charge in [0, 0.05) is 14.1 Å². The lowest BCUT2D eigenvalue weighted by atomic mass is 9.85. The van der Waals surface area contributed by atoms with Crippen molar-refractivity contribution >= 4 is 33.6 Å². The standard InChI is InChI=1S/C23H28N4O6S/c1-5-13-23(16-9-7-6-8-10-16)21(29)27(22(30)25-23)15-20(28)24-18-14-17(11-12-19(18)33-4)34(31,32)26(2)3/h6-12,14H,5,13,15H2,1-4H3,(H,24,28)(H,25,30)/t23-/m1/s1. The lowest BCUT2D eigenvalue weighted by Crippen LogP contribution is -2.44. The summed E-state index contributed by atoms with van der Waals surface area (Å²) in [6.45, 7) is 1.36. The van der Waals surface area contributed by atoms with E-state index >= 15 is 0 Å². The maximum atomic E-state index is 13.4. The van der Waals surface area contributed by atoms with Crippen LogP contribution in [0, 0.1) is 0 Å². The number of sulfonamides is 1. The number of hydrogen-bond acceptors (Lipinski definition) is 6. The van der Waals surface area contributed by atoms with E-state index in [1.165, 1.54) is 39.4 Å². The predicted octanol–water partition coefficient (Wildman–Crippen LogP) is 2.13. The van der Waals surface area contributed by atoms with E-state index in [4.69, 9.17) is 4.74 Å². The smallest absolute Gasteiger partial charge is 0.325 e. The van der Waals surface area contributed by atoms with Crippen LogP contribution in [0.25, 0.3) is 0 Å². The number of urea groups is 1. The van der Waals surface area contributed by atoms with E-state index in [9.17, 15) is 22.8 Å². The average molecular weight is 489 g/mol. The normalized spacial score (nSPS) is 18.2. The molecule has 3 rings (SSSR count). The molecule has 1 aliphatic heterocycles. The summed E-state index contributed by atoms with van der Waals surface area (Å²) in [6.07, 6.45) is 1.00. The van der Waals surface area contributed by atoms with Gasteiger partial charge in [0.1, 0.15) is 17.8 Å². The molecule has 1 saturated heterocycles. The summed E-state index contributed by atoms with van der Waals surface area (Å²) in [7, 11) is 0.409. The van der Waals surface area contributed by atoms with Crippen molar-refractivity contribution in [3.8, 4) is 5.75 Å². The predicted molar refractivity (Wildman–Crippen MR) is 126 cm³/mol. The molecule has 0 aromatic heterocycles. The van der Waals surface area contributed by atoms with Crippen molar-refractivity contribution < 1.29 is 27.5 Å². The number of imide groups is 1. The molecule has 1 atom stereocenters. The molecule has 10 nitrogen and oxygen atoms in total. The second kappa shape index (κ2) is 9.82. The number of rotatable bonds is 9. The SMILES string of the molecule is CCC[C@]1(c2ccccc2)NC(=O)N(CC(=O)Nc2cc(S(=O)(=O)N(C)C)ccc2OC)C1=O. The number of ether oxygens (including phenoxy) is 1. The Balaban J connectivity index is 1.85. The zero-order chi connectivity index (χ0) is 25.1. The molecule has 1 heterocycles. The Labute approximate surface area is 198 Å². The molecule has 0 radical (unpaired) electrons. The highest BCUT2D eigenvalue weighted by Crippen LogP contribution is 2.34. The molecular formula is C23H28N4O6S. The quantitative estimate of drug-likeness (QED) is 0.521. The Kier molecular flexibility index (Phi) is 7.27. The Morgan fingerprint density at radius 3 is 2.41 bits per heavy atom. The Morgan fingerprint density at radius 2 is 1.82 bits per heavy atom. The van der Waals surface area contributed by atoms with Crippen LogP contribution in [0.2, 0.25) is 0 Å². The number of amides is 4. The highest BCUT2D eigenvalue weighted by atomic mass is 32.2. The third-order valence-corrected chi connectivity index (χ3v) is 7.40. The first-order valence-corrected chi connectivity index (χ1v) is 12.1. The minimum Gasteiger partial charge on any atom is -0.495 e. The van der Waals surface area contributed by atoms with E-state index in [1.54, 1.807) is 24.3 Å². The van der Waals surface area contributed by atoms with Crippen molar-refractivity contribution in [2.45, 2.75) is 30.2 Å². The fourth-order valence-electron chi connectivity index (χ4n) is 3.87. The summed E-state index contributed by atoms with van der Waals surface area (Å²) in [4.78, 5) is 39.7. The van der Waals surface area contributed by atoms with Crippen LogP contribution in [0.4, 0.5) is 10.5 Å². The molecule has 0 unspecified atom stereocenters. The van der Waals surface area contributed by atoms with E-state index in [0.29, 0.717) is 18.4 Å². The number of methoxy groups -OCH3 is 1. The van der Waals surface area contributed by atoms with Crippen molar-refractivity contribution in [1.29, 1.82) is 0 Å². The second-order valence-electron chi connectivity index (χ2n) is 8.04. The zero-order valence-electron chi connectivity index (χ0n) is 19.5. The number of carbonyl (C=O) groups excluding carboxylic acids is 3. The summed E-state index contributed by atoms with van der Waals surface area (Å²) in [5.74, 6) is -0.967. The fraction of sp³-hybridized carbons (Fsp3) is 0.348. The molecule has 0 aliphatic carbocycles. The highest BCUT2D eigenvalue weighted by Gasteiger charge is 2.52. The number of anilines is 1. The van der Waals surface area contributed by atoms with Gasteiger partial charge in [-0.05, 0) is 30.2 Å². The van der Waals surface area contributed by atoms with Crippen molar-refractivity contribution in [2.75, 3.05) is 33.1 Å². The van der Waals surface area contributed by atoms with Crippen LogP contribution in [-0.4, -0.2) is 63.2 Å². The topological polar surface area (TPSA) is 125 Å². The molecule has 0 spiro atoms. The summed E-state index contributed by atoms with van der Waals surface area (Å²) >= 11 is 0. The molecule has 34 heavy (non-hydrogen) atoms. The number of carbonyl (C=O) groups is 3. The van der Waals surface area contributed by atoms with Gasteiger partial charge in [0.2, 0.25) is 15.9 Å². The number of nitrogens with one attached hydrogen (secondary N) is 2. The minimum atomic E-state index is -3.75. The van der Waals surface area contributed by atoms with Crippen LogP contribution < -0.4 is 15.4 Å². The van der Waals surface area contributed by atoms with Gasteiger partial charge in [0.05, 0.1) is 17.7 Å². The maximum absolute atomic E-state index is 13.4. The van der Waals surface area contributed by atoms with Crippen LogP contribution in [0.3, 0.4) is 0 Å². The Hall–Kier alpha value is -3.44. The van der Waals surface area contributed by atoms with Gasteiger partial charge in [0.25, 0.3) is 5.91 Å². The third kappa shape index (κ3) is 4.62. The molecule has 0 bridgehead atoms. The van der Waals surface area contributed by atoms with Crippen LogP contribution in [-0.2, 0) is 25.2 Å². The molecular weight excluding hydrogens is 460 g/mol. The van der Waals surface area contributed by atoms with Crippen LogP contribution in [0.15, 0.2) is 53.4 Å². The fourth-order valence-corrected chi connectivity index (χ4v) is 4.79. The molecule has 4 amide bonds. The molecule has 2 aromatic carbocycles. The molecule has 0 saturated carbocycles. The lowest BCUT2D eigenvalue weighted by molar-refractivity contribution is -0.134. The van der Waals surface area contributed by atoms with Crippen molar-refractivity contribution in [1.82, 2.24) is 14.5 Å².